The standard InChI is InChI=1S/C14H27N5O3/c1-13(2)7-9(16-10(20)11(21)17-15)8-14(3,4)19(13)12(22)18(5)6/h9H,7-8,15H2,1-6H3,(H,16,20)(H,17,21). The van der Waals surface area contributed by atoms with Crippen LogP contribution in [0, 0.1) is 0 Å². The fourth-order valence-corrected chi connectivity index (χ4v) is 3.42. The van der Waals surface area contributed by atoms with E-state index in [9.17, 15) is 14.4 Å². The first kappa shape index (κ1) is 18.2. The van der Waals surface area contributed by atoms with Crippen molar-refractivity contribution in [3.63, 3.8) is 0 Å². The van der Waals surface area contributed by atoms with Crippen LogP contribution in [0.5, 0.6) is 0 Å². The number of nitrogens with zero attached hydrogens (tertiary/aromatic N) is 2. The van der Waals surface area contributed by atoms with E-state index >= 15 is 0 Å². The highest BCUT2D eigenvalue weighted by Gasteiger charge is 2.48. The monoisotopic (exact) mass is 313 g/mol. The van der Waals surface area contributed by atoms with Gasteiger partial charge in [-0.2, -0.15) is 0 Å². The molecule has 1 rings (SSSR count). The van der Waals surface area contributed by atoms with Gasteiger partial charge in [0.1, 0.15) is 0 Å². The summed E-state index contributed by atoms with van der Waals surface area (Å²) in [4.78, 5) is 38.8. The van der Waals surface area contributed by atoms with Crippen LogP contribution in [-0.4, -0.2) is 58.9 Å². The summed E-state index contributed by atoms with van der Waals surface area (Å²) in [5.41, 5.74) is 0.899. The molecule has 0 aromatic carbocycles. The summed E-state index contributed by atoms with van der Waals surface area (Å²) in [7, 11) is 3.43. The van der Waals surface area contributed by atoms with Crippen LogP contribution < -0.4 is 16.6 Å². The third-order valence-corrected chi connectivity index (χ3v) is 3.95. The number of hydrazine groups is 1. The number of urea groups is 1. The van der Waals surface area contributed by atoms with Gasteiger partial charge in [-0.05, 0) is 40.5 Å². The Labute approximate surface area is 131 Å². The molecule has 22 heavy (non-hydrogen) atoms. The number of rotatable bonds is 1. The van der Waals surface area contributed by atoms with Crippen molar-refractivity contribution in [1.82, 2.24) is 20.5 Å². The fourth-order valence-electron chi connectivity index (χ4n) is 3.42. The number of piperidine rings is 1. The Balaban J connectivity index is 2.96. The highest BCUT2D eigenvalue weighted by molar-refractivity contribution is 6.34. The number of hydrogen-bond donors (Lipinski definition) is 3. The molecule has 4 N–H and O–H groups in total. The second kappa shape index (κ2) is 6.12. The molecule has 1 saturated heterocycles. The summed E-state index contributed by atoms with van der Waals surface area (Å²) in [6.45, 7) is 7.82. The maximum atomic E-state index is 12.5. The van der Waals surface area contributed by atoms with Crippen molar-refractivity contribution < 1.29 is 14.4 Å². The highest BCUT2D eigenvalue weighted by atomic mass is 16.2. The minimum Gasteiger partial charge on any atom is -0.345 e. The van der Waals surface area contributed by atoms with E-state index in [1.54, 1.807) is 19.0 Å². The van der Waals surface area contributed by atoms with Crippen LogP contribution >= 0.6 is 0 Å². The van der Waals surface area contributed by atoms with Crippen LogP contribution in [-0.2, 0) is 9.59 Å². The molecule has 0 radical (unpaired) electrons. The number of amides is 4. The van der Waals surface area contributed by atoms with E-state index in [1.165, 1.54) is 0 Å². The third kappa shape index (κ3) is 3.68. The minimum absolute atomic E-state index is 0.0699. The van der Waals surface area contributed by atoms with Gasteiger partial charge in [0.05, 0.1) is 0 Å². The first-order chi connectivity index (χ1) is 9.92. The lowest BCUT2D eigenvalue weighted by atomic mass is 9.77. The van der Waals surface area contributed by atoms with Gasteiger partial charge in [0.15, 0.2) is 0 Å². The van der Waals surface area contributed by atoms with Crippen LogP contribution in [0.25, 0.3) is 0 Å². The lowest BCUT2D eigenvalue weighted by Crippen LogP contribution is -2.67. The first-order valence-electron chi connectivity index (χ1n) is 7.25. The van der Waals surface area contributed by atoms with E-state index in [-0.39, 0.29) is 12.1 Å². The normalized spacial score (nSPS) is 20.2. The van der Waals surface area contributed by atoms with E-state index < -0.39 is 22.9 Å². The molecule has 0 aromatic heterocycles. The molecule has 4 amide bonds. The van der Waals surface area contributed by atoms with Crippen molar-refractivity contribution >= 4 is 17.8 Å². The van der Waals surface area contributed by atoms with Crippen LogP contribution in [0.15, 0.2) is 0 Å². The van der Waals surface area contributed by atoms with Gasteiger partial charge in [0, 0.05) is 31.2 Å². The summed E-state index contributed by atoms with van der Waals surface area (Å²) < 4.78 is 0. The van der Waals surface area contributed by atoms with Gasteiger partial charge < -0.3 is 15.1 Å². The largest absolute Gasteiger partial charge is 0.345 e. The fraction of sp³-hybridized carbons (Fsp3) is 0.786. The molecule has 8 nitrogen and oxygen atoms in total. The Morgan fingerprint density at radius 1 is 1.05 bits per heavy atom. The third-order valence-electron chi connectivity index (χ3n) is 3.95. The van der Waals surface area contributed by atoms with E-state index in [0.29, 0.717) is 12.8 Å². The van der Waals surface area contributed by atoms with Gasteiger partial charge in [-0.3, -0.25) is 15.0 Å². The molecule has 0 bridgehead atoms. The zero-order valence-electron chi connectivity index (χ0n) is 14.2. The van der Waals surface area contributed by atoms with E-state index in [1.807, 2.05) is 38.0 Å². The van der Waals surface area contributed by atoms with Gasteiger partial charge in [0.25, 0.3) is 0 Å². The Morgan fingerprint density at radius 2 is 1.50 bits per heavy atom. The predicted molar refractivity (Wildman–Crippen MR) is 82.6 cm³/mol. The van der Waals surface area contributed by atoms with Crippen molar-refractivity contribution in [2.45, 2.75) is 57.7 Å². The Bertz CT molecular complexity index is 455. The summed E-state index contributed by atoms with van der Waals surface area (Å²) in [6, 6.07) is -0.277. The molecule has 0 spiro atoms. The summed E-state index contributed by atoms with van der Waals surface area (Å²) in [6.07, 6.45) is 1.11. The molecule has 1 aliphatic heterocycles. The topological polar surface area (TPSA) is 108 Å². The number of carbonyl (C=O) groups excluding carboxylic acids is 3. The van der Waals surface area contributed by atoms with E-state index in [4.69, 9.17) is 5.84 Å². The molecular formula is C14H27N5O3. The van der Waals surface area contributed by atoms with Crippen molar-refractivity contribution in [3.05, 3.63) is 0 Å². The Hall–Kier alpha value is -1.83. The summed E-state index contributed by atoms with van der Waals surface area (Å²) in [5.74, 6) is 3.33. The van der Waals surface area contributed by atoms with Gasteiger partial charge >= 0.3 is 17.8 Å². The second-order valence-electron chi connectivity index (χ2n) is 7.19. The maximum absolute atomic E-state index is 12.5. The molecule has 0 aromatic rings. The van der Waals surface area contributed by atoms with Crippen LogP contribution in [0.1, 0.15) is 40.5 Å². The van der Waals surface area contributed by atoms with Crippen molar-refractivity contribution in [2.75, 3.05) is 14.1 Å². The lowest BCUT2D eigenvalue weighted by molar-refractivity contribution is -0.140. The first-order valence-corrected chi connectivity index (χ1v) is 7.25. The number of likely N-dealkylation sites (tertiary alicyclic amines) is 1. The molecule has 0 saturated carbocycles. The zero-order valence-corrected chi connectivity index (χ0v) is 14.2. The average molecular weight is 313 g/mol. The maximum Gasteiger partial charge on any atom is 0.323 e. The van der Waals surface area contributed by atoms with Gasteiger partial charge in [0.2, 0.25) is 0 Å². The number of carbonyl (C=O) groups is 3. The molecule has 0 atom stereocenters. The molecular weight excluding hydrogens is 286 g/mol. The van der Waals surface area contributed by atoms with Crippen molar-refractivity contribution in [2.24, 2.45) is 5.84 Å². The average Bonchev–Trinajstić information content (AvgIpc) is 2.34. The summed E-state index contributed by atoms with van der Waals surface area (Å²) in [5, 5.41) is 2.69. The predicted octanol–water partition coefficient (Wildman–Crippen LogP) is -0.204. The molecule has 0 unspecified atom stereocenters. The van der Waals surface area contributed by atoms with Crippen LogP contribution in [0.3, 0.4) is 0 Å². The van der Waals surface area contributed by atoms with Gasteiger partial charge in [-0.25, -0.2) is 10.6 Å². The second-order valence-corrected chi connectivity index (χ2v) is 7.19. The van der Waals surface area contributed by atoms with Crippen molar-refractivity contribution in [1.29, 1.82) is 0 Å². The van der Waals surface area contributed by atoms with E-state index in [2.05, 4.69) is 5.32 Å². The zero-order chi connectivity index (χ0) is 17.3. The quantitative estimate of drug-likeness (QED) is 0.269. The highest BCUT2D eigenvalue weighted by Crippen LogP contribution is 2.39. The van der Waals surface area contributed by atoms with Crippen LogP contribution in [0.2, 0.25) is 0 Å². The number of nitrogens with two attached hydrogens (primary N) is 1. The van der Waals surface area contributed by atoms with Crippen LogP contribution in [0.4, 0.5) is 4.79 Å². The number of nitrogens with one attached hydrogen (secondary N) is 2. The molecule has 1 heterocycles. The molecule has 0 aliphatic carbocycles. The van der Waals surface area contributed by atoms with Crippen molar-refractivity contribution in [3.8, 4) is 0 Å². The Kier molecular flexibility index (Phi) is 5.06. The van der Waals surface area contributed by atoms with Gasteiger partial charge in [-0.1, -0.05) is 0 Å². The van der Waals surface area contributed by atoms with E-state index in [0.717, 1.165) is 0 Å². The SMILES string of the molecule is CN(C)C(=O)N1C(C)(C)CC(NC(=O)C(=O)NN)CC1(C)C. The molecule has 8 heteroatoms. The minimum atomic E-state index is -0.873. The number of hydrogen-bond acceptors (Lipinski definition) is 4. The molecule has 1 fully saturated rings. The van der Waals surface area contributed by atoms with Gasteiger partial charge in [-0.15, -0.1) is 0 Å². The lowest BCUT2D eigenvalue weighted by Gasteiger charge is -2.55. The smallest absolute Gasteiger partial charge is 0.323 e. The Morgan fingerprint density at radius 3 is 1.86 bits per heavy atom. The molecule has 1 aliphatic rings. The summed E-state index contributed by atoms with van der Waals surface area (Å²) >= 11 is 0. The molecule has 126 valence electrons.